The maximum atomic E-state index is 13.0. The fourth-order valence-corrected chi connectivity index (χ4v) is 8.93. The molecule has 0 unspecified atom stereocenters. The topological polar surface area (TPSA) is 124 Å². The van der Waals surface area contributed by atoms with Crippen LogP contribution in [0.3, 0.4) is 0 Å². The fourth-order valence-electron chi connectivity index (χ4n) is 8.93. The van der Waals surface area contributed by atoms with Crippen molar-refractivity contribution in [3.63, 3.8) is 0 Å². The van der Waals surface area contributed by atoms with Gasteiger partial charge in [-0.3, -0.25) is 0 Å². The van der Waals surface area contributed by atoms with Crippen molar-refractivity contribution in [2.45, 2.75) is 194 Å². The standard InChI is InChI=1S/C66H86O10/c1-3-5-7-9-11-13-15-17-19-21-23-25-27-29-50-71-57-42-34-53(35-43-57)63(67)73-59-46-38-55(39-47-59)65(69)75-61-32-31-33-62(52-61)76-66(70)56-40-48-60(49-41-56)74-64(68)54-36-44-58(45-37-54)72-51-30-28-26-24-22-20-18-16-14-12-10-8-6-4-2/h31-49,52H,3-30,50-51H2,1-2H3. The van der Waals surface area contributed by atoms with Crippen LogP contribution in [0.5, 0.6) is 34.5 Å². The second-order valence-electron chi connectivity index (χ2n) is 20.0. The Morgan fingerprint density at radius 3 is 0.750 bits per heavy atom. The molecule has 0 atom stereocenters. The number of ether oxygens (including phenoxy) is 6. The van der Waals surface area contributed by atoms with E-state index in [1.807, 2.05) is 0 Å². The summed E-state index contributed by atoms with van der Waals surface area (Å²) >= 11 is 0. The molecule has 10 nitrogen and oxygen atoms in total. The highest BCUT2D eigenvalue weighted by Gasteiger charge is 2.16. The lowest BCUT2D eigenvalue weighted by Gasteiger charge is -2.09. The summed E-state index contributed by atoms with van der Waals surface area (Å²) < 4.78 is 34.0. The van der Waals surface area contributed by atoms with Gasteiger partial charge in [0.2, 0.25) is 0 Å². The number of rotatable bonds is 40. The van der Waals surface area contributed by atoms with Gasteiger partial charge in [-0.15, -0.1) is 0 Å². The molecule has 0 N–H and O–H groups in total. The third-order valence-electron chi connectivity index (χ3n) is 13.5. The van der Waals surface area contributed by atoms with E-state index in [9.17, 15) is 19.2 Å². The Balaban J connectivity index is 0.922. The highest BCUT2D eigenvalue weighted by Crippen LogP contribution is 2.25. The third-order valence-corrected chi connectivity index (χ3v) is 13.5. The van der Waals surface area contributed by atoms with Crippen LogP contribution in [0.1, 0.15) is 235 Å². The van der Waals surface area contributed by atoms with Crippen LogP contribution in [-0.2, 0) is 0 Å². The molecule has 76 heavy (non-hydrogen) atoms. The van der Waals surface area contributed by atoms with Crippen LogP contribution in [0.4, 0.5) is 0 Å². The summed E-state index contributed by atoms with van der Waals surface area (Å²) in [6.07, 6.45) is 36.7. The van der Waals surface area contributed by atoms with E-state index < -0.39 is 23.9 Å². The van der Waals surface area contributed by atoms with Gasteiger partial charge >= 0.3 is 23.9 Å². The van der Waals surface area contributed by atoms with Crippen LogP contribution in [0.15, 0.2) is 121 Å². The molecule has 5 rings (SSSR count). The van der Waals surface area contributed by atoms with Gasteiger partial charge in [0, 0.05) is 6.07 Å². The number of esters is 4. The number of carbonyl (C=O) groups excluding carboxylic acids is 4. The van der Waals surface area contributed by atoms with Crippen LogP contribution in [0.25, 0.3) is 0 Å². The van der Waals surface area contributed by atoms with Crippen LogP contribution < -0.4 is 28.4 Å². The molecule has 0 aliphatic rings. The monoisotopic (exact) mass is 1040 g/mol. The lowest BCUT2D eigenvalue weighted by Crippen LogP contribution is -2.11. The SMILES string of the molecule is CCCCCCCCCCCCCCCCOc1ccc(C(=O)Oc2ccc(C(=O)Oc3cccc(OC(=O)c4ccc(OC(=O)c5ccc(OCCCCCCCCCCCCCCCC)cc5)cc4)c3)cc2)cc1. The Hall–Kier alpha value is -6.42. The molecule has 0 saturated carbocycles. The molecule has 0 bridgehead atoms. The second-order valence-corrected chi connectivity index (χ2v) is 20.0. The van der Waals surface area contributed by atoms with Gasteiger partial charge in [0.1, 0.15) is 34.5 Å². The second kappa shape index (κ2) is 37.3. The van der Waals surface area contributed by atoms with Gasteiger partial charge in [0.15, 0.2) is 0 Å². The van der Waals surface area contributed by atoms with E-state index in [1.165, 1.54) is 209 Å². The van der Waals surface area contributed by atoms with Crippen molar-refractivity contribution < 1.29 is 47.6 Å². The zero-order chi connectivity index (χ0) is 53.7. The lowest BCUT2D eigenvalue weighted by atomic mass is 10.0. The van der Waals surface area contributed by atoms with Crippen molar-refractivity contribution in [2.24, 2.45) is 0 Å². The smallest absolute Gasteiger partial charge is 0.343 e. The lowest BCUT2D eigenvalue weighted by molar-refractivity contribution is 0.0723. The minimum atomic E-state index is -0.657. The quantitative estimate of drug-likeness (QED) is 0.0213. The fraction of sp³-hybridized carbons (Fsp3) is 0.485. The van der Waals surface area contributed by atoms with Gasteiger partial charge in [0.25, 0.3) is 0 Å². The minimum Gasteiger partial charge on any atom is -0.494 e. The predicted octanol–water partition coefficient (Wildman–Crippen LogP) is 18.3. The molecule has 5 aromatic carbocycles. The molecule has 0 aliphatic heterocycles. The molecule has 0 saturated heterocycles. The summed E-state index contributed by atoms with van der Waals surface area (Å²) in [6.45, 7) is 5.81. The average Bonchev–Trinajstić information content (AvgIpc) is 3.44. The summed E-state index contributed by atoms with van der Waals surface area (Å²) in [5.41, 5.74) is 1.19. The van der Waals surface area contributed by atoms with Crippen LogP contribution in [0, 0.1) is 0 Å². The first kappa shape index (κ1) is 60.4. The molecular weight excluding hydrogens is 953 g/mol. The Morgan fingerprint density at radius 1 is 0.263 bits per heavy atom. The molecule has 0 aromatic heterocycles. The van der Waals surface area contributed by atoms with Gasteiger partial charge in [0.05, 0.1) is 35.5 Å². The zero-order valence-electron chi connectivity index (χ0n) is 45.8. The highest BCUT2D eigenvalue weighted by atomic mass is 16.6. The Kier molecular flexibility index (Phi) is 29.7. The van der Waals surface area contributed by atoms with E-state index in [2.05, 4.69) is 13.8 Å². The zero-order valence-corrected chi connectivity index (χ0v) is 45.8. The van der Waals surface area contributed by atoms with Gasteiger partial charge in [-0.2, -0.15) is 0 Å². The number of hydrogen-bond donors (Lipinski definition) is 0. The average molecular weight is 1040 g/mol. The summed E-state index contributed by atoms with van der Waals surface area (Å²) in [4.78, 5) is 51.8. The van der Waals surface area contributed by atoms with E-state index in [0.29, 0.717) is 35.8 Å². The van der Waals surface area contributed by atoms with Gasteiger partial charge in [-0.05, 0) is 122 Å². The van der Waals surface area contributed by atoms with E-state index in [1.54, 1.807) is 66.7 Å². The minimum absolute atomic E-state index is 0.157. The Morgan fingerprint density at radius 2 is 0.487 bits per heavy atom. The molecule has 5 aromatic rings. The van der Waals surface area contributed by atoms with Crippen LogP contribution in [-0.4, -0.2) is 37.1 Å². The first-order chi connectivity index (χ1) is 37.3. The molecular formula is C66H86O10. The number of hydrogen-bond acceptors (Lipinski definition) is 10. The first-order valence-corrected chi connectivity index (χ1v) is 29.0. The predicted molar refractivity (Wildman–Crippen MR) is 304 cm³/mol. The molecule has 410 valence electrons. The normalized spacial score (nSPS) is 11.0. The highest BCUT2D eigenvalue weighted by molar-refractivity contribution is 5.94. The van der Waals surface area contributed by atoms with Gasteiger partial charge < -0.3 is 28.4 Å². The maximum Gasteiger partial charge on any atom is 0.343 e. The largest absolute Gasteiger partial charge is 0.494 e. The molecule has 0 spiro atoms. The molecule has 10 heteroatoms. The third kappa shape index (κ3) is 24.9. The van der Waals surface area contributed by atoms with Crippen molar-refractivity contribution in [1.29, 1.82) is 0 Å². The summed E-state index contributed by atoms with van der Waals surface area (Å²) in [6, 6.07) is 32.0. The maximum absolute atomic E-state index is 13.0. The van der Waals surface area contributed by atoms with Crippen molar-refractivity contribution in [3.8, 4) is 34.5 Å². The van der Waals surface area contributed by atoms with Crippen LogP contribution in [0.2, 0.25) is 0 Å². The first-order valence-electron chi connectivity index (χ1n) is 29.0. The van der Waals surface area contributed by atoms with Crippen molar-refractivity contribution in [1.82, 2.24) is 0 Å². The van der Waals surface area contributed by atoms with Crippen molar-refractivity contribution in [2.75, 3.05) is 13.2 Å². The summed E-state index contributed by atoms with van der Waals surface area (Å²) in [5, 5.41) is 0. The summed E-state index contributed by atoms with van der Waals surface area (Å²) in [5.74, 6) is -0.127. The Labute approximate surface area is 454 Å². The Bertz CT molecular complexity index is 2210. The number of carbonyl (C=O) groups is 4. The van der Waals surface area contributed by atoms with E-state index in [-0.39, 0.29) is 34.1 Å². The molecule has 0 radical (unpaired) electrons. The summed E-state index contributed by atoms with van der Waals surface area (Å²) in [7, 11) is 0. The van der Waals surface area contributed by atoms with E-state index >= 15 is 0 Å². The van der Waals surface area contributed by atoms with Gasteiger partial charge in [-0.25, -0.2) is 19.2 Å². The number of unbranched alkanes of at least 4 members (excludes halogenated alkanes) is 26. The molecule has 0 fully saturated rings. The molecule has 0 amide bonds. The molecule has 0 aliphatic carbocycles. The molecule has 0 heterocycles. The van der Waals surface area contributed by atoms with E-state index in [4.69, 9.17) is 28.4 Å². The van der Waals surface area contributed by atoms with E-state index in [0.717, 1.165) is 25.7 Å². The number of benzene rings is 5. The van der Waals surface area contributed by atoms with Crippen LogP contribution >= 0.6 is 0 Å². The van der Waals surface area contributed by atoms with Gasteiger partial charge in [-0.1, -0.05) is 187 Å². The van der Waals surface area contributed by atoms with Crippen molar-refractivity contribution in [3.05, 3.63) is 144 Å². The van der Waals surface area contributed by atoms with Crippen molar-refractivity contribution >= 4 is 23.9 Å².